The first kappa shape index (κ1) is 20.8. The van der Waals surface area contributed by atoms with Gasteiger partial charge < -0.3 is 4.74 Å². The zero-order chi connectivity index (χ0) is 19.8. The number of sulfone groups is 1. The first-order valence-corrected chi connectivity index (χ1v) is 9.96. The quantitative estimate of drug-likeness (QED) is 0.706. The molecule has 1 aromatic rings. The highest BCUT2D eigenvalue weighted by Gasteiger charge is 2.57. The molecule has 2 heterocycles. The Morgan fingerprint density at radius 1 is 1.35 bits per heavy atom. The molecular formula is C16H21ClF2N2O4S. The molecule has 1 aromatic heterocycles. The van der Waals surface area contributed by atoms with Crippen molar-refractivity contribution in [3.8, 4) is 0 Å². The predicted octanol–water partition coefficient (Wildman–Crippen LogP) is 3.89. The van der Waals surface area contributed by atoms with Crippen LogP contribution in [0.4, 0.5) is 13.6 Å². The number of hydrogen-bond acceptors (Lipinski definition) is 5. The number of hydrogen-bond donors (Lipinski definition) is 0. The number of nitrogens with zero attached hydrogens (tertiary/aromatic N) is 2. The fourth-order valence-corrected chi connectivity index (χ4v) is 4.57. The Kier molecular flexibility index (Phi) is 5.82. The van der Waals surface area contributed by atoms with Gasteiger partial charge in [0, 0.05) is 12.7 Å². The van der Waals surface area contributed by atoms with Crippen LogP contribution < -0.4 is 0 Å². The lowest BCUT2D eigenvalue weighted by atomic mass is 10.0. The van der Waals surface area contributed by atoms with Gasteiger partial charge in [-0.05, 0) is 52.2 Å². The lowest BCUT2D eigenvalue weighted by molar-refractivity contribution is -0.0455. The van der Waals surface area contributed by atoms with Crippen LogP contribution in [-0.2, 0) is 14.6 Å². The standard InChI is InChI=1S/C16H21ClF2N2O4S/c1-15(2,3)25-14(22)21-10-5-4-8-12(21)16(18,19)26(23,24)11-7-6-9-20-13(11)17/h6-7,9,12H,4-5,8,10H2,1-3H3. The van der Waals surface area contributed by atoms with Gasteiger partial charge in [-0.1, -0.05) is 11.6 Å². The Morgan fingerprint density at radius 2 is 2.00 bits per heavy atom. The Hall–Kier alpha value is -1.48. The summed E-state index contributed by atoms with van der Waals surface area (Å²) in [5.41, 5.74) is -0.889. The van der Waals surface area contributed by atoms with Crippen LogP contribution in [-0.4, -0.2) is 47.8 Å². The number of likely N-dealkylation sites (tertiary alicyclic amines) is 1. The average Bonchev–Trinajstić information content (AvgIpc) is 2.53. The second-order valence-corrected chi connectivity index (χ2v) is 9.39. The molecule has 0 bridgehead atoms. The topological polar surface area (TPSA) is 76.6 Å². The summed E-state index contributed by atoms with van der Waals surface area (Å²) in [5, 5.41) is -4.77. The van der Waals surface area contributed by atoms with Gasteiger partial charge in [-0.15, -0.1) is 0 Å². The van der Waals surface area contributed by atoms with E-state index in [2.05, 4.69) is 4.98 Å². The van der Waals surface area contributed by atoms with E-state index >= 15 is 8.78 Å². The number of carbonyl (C=O) groups excluding carboxylic acids is 1. The van der Waals surface area contributed by atoms with E-state index in [9.17, 15) is 13.2 Å². The maximum atomic E-state index is 15.1. The zero-order valence-electron chi connectivity index (χ0n) is 14.7. The van der Waals surface area contributed by atoms with Crippen molar-refractivity contribution in [2.75, 3.05) is 6.54 Å². The SMILES string of the molecule is CC(C)(C)OC(=O)N1CCCCC1C(F)(F)S(=O)(=O)c1cccnc1Cl. The minimum absolute atomic E-state index is 0.00847. The Morgan fingerprint density at radius 3 is 2.58 bits per heavy atom. The third kappa shape index (κ3) is 4.09. The van der Waals surface area contributed by atoms with Gasteiger partial charge in [-0.25, -0.2) is 18.2 Å². The van der Waals surface area contributed by atoms with Gasteiger partial charge >= 0.3 is 11.3 Å². The van der Waals surface area contributed by atoms with Crippen molar-refractivity contribution in [3.05, 3.63) is 23.5 Å². The zero-order valence-corrected chi connectivity index (χ0v) is 16.3. The third-order valence-corrected chi connectivity index (χ3v) is 6.20. The molecule has 1 saturated heterocycles. The van der Waals surface area contributed by atoms with Crippen LogP contribution in [0.25, 0.3) is 0 Å². The molecule has 1 atom stereocenters. The second-order valence-electron chi connectivity index (χ2n) is 7.04. The minimum atomic E-state index is -5.16. The number of pyridine rings is 1. The lowest BCUT2D eigenvalue weighted by Gasteiger charge is -2.39. The van der Waals surface area contributed by atoms with E-state index < -0.39 is 42.9 Å². The van der Waals surface area contributed by atoms with Gasteiger partial charge in [0.2, 0.25) is 9.84 Å². The van der Waals surface area contributed by atoms with Crippen molar-refractivity contribution in [2.45, 2.75) is 61.8 Å². The number of rotatable bonds is 3. The molecule has 1 aliphatic rings. The van der Waals surface area contributed by atoms with Crippen molar-refractivity contribution in [2.24, 2.45) is 0 Å². The molecule has 0 aliphatic carbocycles. The number of amides is 1. The minimum Gasteiger partial charge on any atom is -0.444 e. The smallest absolute Gasteiger partial charge is 0.410 e. The molecular weight excluding hydrogens is 390 g/mol. The molecule has 10 heteroatoms. The lowest BCUT2D eigenvalue weighted by Crippen LogP contribution is -2.56. The first-order chi connectivity index (χ1) is 11.9. The molecule has 0 spiro atoms. The molecule has 1 unspecified atom stereocenters. The van der Waals surface area contributed by atoms with E-state index in [1.165, 1.54) is 12.3 Å². The monoisotopic (exact) mass is 410 g/mol. The van der Waals surface area contributed by atoms with E-state index in [4.69, 9.17) is 16.3 Å². The van der Waals surface area contributed by atoms with Crippen LogP contribution in [0.2, 0.25) is 5.15 Å². The highest BCUT2D eigenvalue weighted by Crippen LogP contribution is 2.40. The largest absolute Gasteiger partial charge is 0.444 e. The van der Waals surface area contributed by atoms with Crippen LogP contribution in [0.1, 0.15) is 40.0 Å². The Labute approximate surface area is 156 Å². The van der Waals surface area contributed by atoms with Crippen LogP contribution in [0.5, 0.6) is 0 Å². The molecule has 0 saturated carbocycles. The van der Waals surface area contributed by atoms with Gasteiger partial charge in [0.25, 0.3) is 0 Å². The Balaban J connectivity index is 2.41. The fraction of sp³-hybridized carbons (Fsp3) is 0.625. The van der Waals surface area contributed by atoms with E-state index in [0.29, 0.717) is 12.8 Å². The van der Waals surface area contributed by atoms with Crippen molar-refractivity contribution >= 4 is 27.5 Å². The maximum Gasteiger partial charge on any atom is 0.410 e. The molecule has 0 aromatic carbocycles. The highest BCUT2D eigenvalue weighted by atomic mass is 35.5. The molecule has 6 nitrogen and oxygen atoms in total. The summed E-state index contributed by atoms with van der Waals surface area (Å²) in [6.07, 6.45) is 0.931. The van der Waals surface area contributed by atoms with Crippen LogP contribution in [0.3, 0.4) is 0 Å². The molecule has 146 valence electrons. The van der Waals surface area contributed by atoms with Gasteiger partial charge in [-0.2, -0.15) is 8.78 Å². The number of carbonyl (C=O) groups is 1. The summed E-state index contributed by atoms with van der Waals surface area (Å²) in [7, 11) is -5.16. The van der Waals surface area contributed by atoms with Gasteiger partial charge in [0.05, 0.1) is 0 Å². The molecule has 26 heavy (non-hydrogen) atoms. The summed E-state index contributed by atoms with van der Waals surface area (Å²) in [4.78, 5) is 15.9. The molecule has 2 rings (SSSR count). The van der Waals surface area contributed by atoms with Crippen molar-refractivity contribution in [3.63, 3.8) is 0 Å². The molecule has 1 aliphatic heterocycles. The summed E-state index contributed by atoms with van der Waals surface area (Å²) in [6.45, 7) is 4.81. The molecule has 1 amide bonds. The van der Waals surface area contributed by atoms with Gasteiger partial charge in [0.1, 0.15) is 21.7 Å². The highest BCUT2D eigenvalue weighted by molar-refractivity contribution is 7.92. The predicted molar refractivity (Wildman–Crippen MR) is 92.0 cm³/mol. The number of piperidine rings is 1. The van der Waals surface area contributed by atoms with Crippen molar-refractivity contribution in [1.29, 1.82) is 0 Å². The summed E-state index contributed by atoms with van der Waals surface area (Å²) >= 11 is 5.71. The van der Waals surface area contributed by atoms with E-state index in [1.807, 2.05) is 0 Å². The van der Waals surface area contributed by atoms with E-state index in [-0.39, 0.29) is 13.0 Å². The van der Waals surface area contributed by atoms with Gasteiger partial charge in [0.15, 0.2) is 0 Å². The first-order valence-electron chi connectivity index (χ1n) is 8.10. The Bertz CT molecular complexity index is 781. The summed E-state index contributed by atoms with van der Waals surface area (Å²) in [5.74, 6) is 0. The maximum absolute atomic E-state index is 15.1. The van der Waals surface area contributed by atoms with Crippen LogP contribution >= 0.6 is 11.6 Å². The second kappa shape index (κ2) is 7.26. The third-order valence-electron chi connectivity index (χ3n) is 3.89. The number of halogens is 3. The van der Waals surface area contributed by atoms with Crippen LogP contribution in [0.15, 0.2) is 23.2 Å². The summed E-state index contributed by atoms with van der Waals surface area (Å²) in [6, 6.07) is 0.341. The number of ether oxygens (including phenoxy) is 1. The van der Waals surface area contributed by atoms with Crippen LogP contribution in [0, 0.1) is 0 Å². The van der Waals surface area contributed by atoms with Crippen molar-refractivity contribution in [1.82, 2.24) is 9.88 Å². The fourth-order valence-electron chi connectivity index (χ4n) is 2.72. The van der Waals surface area contributed by atoms with Gasteiger partial charge in [-0.3, -0.25) is 4.90 Å². The van der Waals surface area contributed by atoms with E-state index in [0.717, 1.165) is 11.0 Å². The number of alkyl halides is 2. The van der Waals surface area contributed by atoms with Crippen molar-refractivity contribution < 1.29 is 26.7 Å². The normalized spacial score (nSPS) is 19.3. The summed E-state index contributed by atoms with van der Waals surface area (Å²) < 4.78 is 60.5. The molecule has 0 N–H and O–H groups in total. The average molecular weight is 411 g/mol. The molecule has 1 fully saturated rings. The number of aromatic nitrogens is 1. The molecule has 0 radical (unpaired) electrons. The van der Waals surface area contributed by atoms with E-state index in [1.54, 1.807) is 20.8 Å².